The summed E-state index contributed by atoms with van der Waals surface area (Å²) >= 11 is 0. The van der Waals surface area contributed by atoms with Crippen molar-refractivity contribution < 1.29 is 4.74 Å². The lowest BCUT2D eigenvalue weighted by Gasteiger charge is -2.08. The number of para-hydroxylation sites is 1. The number of hydrogen-bond donors (Lipinski definition) is 1. The van der Waals surface area contributed by atoms with Crippen molar-refractivity contribution in [3.63, 3.8) is 0 Å². The lowest BCUT2D eigenvalue weighted by atomic mass is 10.1. The Bertz CT molecular complexity index is 805. The van der Waals surface area contributed by atoms with E-state index in [2.05, 4.69) is 13.0 Å². The molecule has 0 unspecified atom stereocenters. The molecule has 1 aromatic carbocycles. The highest BCUT2D eigenvalue weighted by Crippen LogP contribution is 2.34. The average molecular weight is 281 g/mol. The summed E-state index contributed by atoms with van der Waals surface area (Å²) in [5.41, 5.74) is 11.2. The largest absolute Gasteiger partial charge is 0.493 e. The molecule has 2 heterocycles. The first-order valence-corrected chi connectivity index (χ1v) is 7.09. The SMILES string of the molecule is CCOc1ccccc1-c1nc2cc(C)cc(C)n2c1N. The van der Waals surface area contributed by atoms with E-state index in [-0.39, 0.29) is 0 Å². The highest BCUT2D eigenvalue weighted by atomic mass is 16.5. The number of pyridine rings is 1. The zero-order valence-corrected chi connectivity index (χ0v) is 12.6. The molecule has 2 N–H and O–H groups in total. The van der Waals surface area contributed by atoms with Gasteiger partial charge in [-0.15, -0.1) is 0 Å². The molecule has 0 fully saturated rings. The Kier molecular flexibility index (Phi) is 3.29. The van der Waals surface area contributed by atoms with Gasteiger partial charge in [0.05, 0.1) is 6.61 Å². The molecule has 0 amide bonds. The Morgan fingerprint density at radius 2 is 1.95 bits per heavy atom. The van der Waals surface area contributed by atoms with Crippen LogP contribution in [0.15, 0.2) is 36.4 Å². The van der Waals surface area contributed by atoms with Gasteiger partial charge in [-0.2, -0.15) is 0 Å². The second kappa shape index (κ2) is 5.13. The molecule has 0 atom stereocenters. The Morgan fingerprint density at radius 1 is 1.19 bits per heavy atom. The Morgan fingerprint density at radius 3 is 2.71 bits per heavy atom. The number of hydrogen-bond acceptors (Lipinski definition) is 3. The first-order chi connectivity index (χ1) is 10.1. The minimum absolute atomic E-state index is 0.614. The van der Waals surface area contributed by atoms with Gasteiger partial charge in [-0.1, -0.05) is 12.1 Å². The molecule has 0 bridgehead atoms. The van der Waals surface area contributed by atoms with Gasteiger partial charge >= 0.3 is 0 Å². The van der Waals surface area contributed by atoms with Crippen molar-refractivity contribution in [3.05, 3.63) is 47.7 Å². The fourth-order valence-electron chi connectivity index (χ4n) is 2.70. The van der Waals surface area contributed by atoms with Crippen molar-refractivity contribution in [1.29, 1.82) is 0 Å². The van der Waals surface area contributed by atoms with E-state index in [0.717, 1.165) is 28.3 Å². The molecule has 4 heteroatoms. The van der Waals surface area contributed by atoms with Gasteiger partial charge in [-0.05, 0) is 50.6 Å². The van der Waals surface area contributed by atoms with Crippen LogP contribution in [0.3, 0.4) is 0 Å². The van der Waals surface area contributed by atoms with Gasteiger partial charge in [0.2, 0.25) is 0 Å². The lowest BCUT2D eigenvalue weighted by molar-refractivity contribution is 0.341. The van der Waals surface area contributed by atoms with Crippen LogP contribution in [0.1, 0.15) is 18.2 Å². The number of rotatable bonds is 3. The topological polar surface area (TPSA) is 52.5 Å². The fourth-order valence-corrected chi connectivity index (χ4v) is 2.70. The molecule has 0 aliphatic carbocycles. The second-order valence-corrected chi connectivity index (χ2v) is 5.14. The highest BCUT2D eigenvalue weighted by Gasteiger charge is 2.16. The van der Waals surface area contributed by atoms with Gasteiger partial charge in [0.1, 0.15) is 22.9 Å². The van der Waals surface area contributed by atoms with Gasteiger partial charge in [0, 0.05) is 11.3 Å². The molecule has 0 saturated heterocycles. The van der Waals surface area contributed by atoms with Crippen LogP contribution in [0, 0.1) is 13.8 Å². The zero-order chi connectivity index (χ0) is 15.0. The quantitative estimate of drug-likeness (QED) is 0.798. The molecule has 0 aliphatic rings. The van der Waals surface area contributed by atoms with Crippen molar-refractivity contribution in [2.24, 2.45) is 0 Å². The molecule has 3 aromatic rings. The van der Waals surface area contributed by atoms with E-state index in [1.165, 1.54) is 5.56 Å². The maximum absolute atomic E-state index is 6.33. The molecule has 0 spiro atoms. The molecular formula is C17H19N3O. The summed E-state index contributed by atoms with van der Waals surface area (Å²) in [5.74, 6) is 1.46. The number of nitrogens with two attached hydrogens (primary N) is 1. The summed E-state index contributed by atoms with van der Waals surface area (Å²) in [5, 5.41) is 0. The molecule has 0 radical (unpaired) electrons. The molecule has 4 nitrogen and oxygen atoms in total. The van der Waals surface area contributed by atoms with Crippen LogP contribution >= 0.6 is 0 Å². The van der Waals surface area contributed by atoms with Gasteiger partial charge in [-0.3, -0.25) is 4.40 Å². The third-order valence-corrected chi connectivity index (χ3v) is 3.53. The van der Waals surface area contributed by atoms with Crippen molar-refractivity contribution in [2.75, 3.05) is 12.3 Å². The molecule has 108 valence electrons. The highest BCUT2D eigenvalue weighted by molar-refractivity contribution is 5.79. The van der Waals surface area contributed by atoms with Crippen molar-refractivity contribution in [2.45, 2.75) is 20.8 Å². The van der Waals surface area contributed by atoms with Crippen LogP contribution in [-0.2, 0) is 0 Å². The van der Waals surface area contributed by atoms with Gasteiger partial charge in [-0.25, -0.2) is 4.98 Å². The maximum atomic E-state index is 6.33. The van der Waals surface area contributed by atoms with Crippen molar-refractivity contribution >= 4 is 11.5 Å². The van der Waals surface area contributed by atoms with E-state index in [0.29, 0.717) is 12.4 Å². The number of benzene rings is 1. The van der Waals surface area contributed by atoms with E-state index < -0.39 is 0 Å². The first-order valence-electron chi connectivity index (χ1n) is 7.09. The summed E-state index contributed by atoms with van der Waals surface area (Å²) in [6.07, 6.45) is 0. The molecule has 21 heavy (non-hydrogen) atoms. The first kappa shape index (κ1) is 13.5. The number of ether oxygens (including phenoxy) is 1. The molecule has 0 aliphatic heterocycles. The lowest BCUT2D eigenvalue weighted by Crippen LogP contribution is -1.99. The maximum Gasteiger partial charge on any atom is 0.139 e. The van der Waals surface area contributed by atoms with Crippen LogP contribution in [0.4, 0.5) is 5.82 Å². The molecular weight excluding hydrogens is 262 g/mol. The van der Waals surface area contributed by atoms with Crippen LogP contribution in [0.5, 0.6) is 5.75 Å². The number of nitrogen functional groups attached to an aromatic ring is 1. The number of anilines is 1. The Labute approximate surface area is 124 Å². The van der Waals surface area contributed by atoms with Gasteiger partial charge < -0.3 is 10.5 Å². The fraction of sp³-hybridized carbons (Fsp3) is 0.235. The normalized spacial score (nSPS) is 11.0. The van der Waals surface area contributed by atoms with Crippen LogP contribution in [0.2, 0.25) is 0 Å². The van der Waals surface area contributed by atoms with Gasteiger partial charge in [0.15, 0.2) is 0 Å². The Balaban J connectivity index is 2.27. The number of aryl methyl sites for hydroxylation is 2. The monoisotopic (exact) mass is 281 g/mol. The summed E-state index contributed by atoms with van der Waals surface area (Å²) in [6.45, 7) is 6.68. The summed E-state index contributed by atoms with van der Waals surface area (Å²) in [6, 6.07) is 12.0. The summed E-state index contributed by atoms with van der Waals surface area (Å²) < 4.78 is 7.67. The molecule has 2 aromatic heterocycles. The van der Waals surface area contributed by atoms with E-state index in [1.807, 2.05) is 48.6 Å². The second-order valence-electron chi connectivity index (χ2n) is 5.14. The molecule has 0 saturated carbocycles. The predicted octanol–water partition coefficient (Wildman–Crippen LogP) is 3.60. The number of aromatic nitrogens is 2. The van der Waals surface area contributed by atoms with Gasteiger partial charge in [0.25, 0.3) is 0 Å². The van der Waals surface area contributed by atoms with E-state index >= 15 is 0 Å². The minimum Gasteiger partial charge on any atom is -0.493 e. The van der Waals surface area contributed by atoms with E-state index in [9.17, 15) is 0 Å². The number of nitrogens with zero attached hydrogens (tertiary/aromatic N) is 2. The molecule has 3 rings (SSSR count). The summed E-state index contributed by atoms with van der Waals surface area (Å²) in [4.78, 5) is 4.71. The van der Waals surface area contributed by atoms with Crippen molar-refractivity contribution in [1.82, 2.24) is 9.38 Å². The third kappa shape index (κ3) is 2.23. The average Bonchev–Trinajstić information content (AvgIpc) is 2.77. The zero-order valence-electron chi connectivity index (χ0n) is 12.6. The third-order valence-electron chi connectivity index (χ3n) is 3.53. The predicted molar refractivity (Wildman–Crippen MR) is 85.7 cm³/mol. The van der Waals surface area contributed by atoms with E-state index in [4.69, 9.17) is 15.5 Å². The van der Waals surface area contributed by atoms with Crippen molar-refractivity contribution in [3.8, 4) is 17.0 Å². The Hall–Kier alpha value is -2.49. The van der Waals surface area contributed by atoms with E-state index in [1.54, 1.807) is 0 Å². The van der Waals surface area contributed by atoms with Crippen LogP contribution in [-0.4, -0.2) is 16.0 Å². The van der Waals surface area contributed by atoms with Crippen LogP contribution < -0.4 is 10.5 Å². The van der Waals surface area contributed by atoms with Crippen LogP contribution in [0.25, 0.3) is 16.9 Å². The number of fused-ring (bicyclic) bond motifs is 1. The standard InChI is InChI=1S/C17H19N3O/c1-4-21-14-8-6-5-7-13(14)16-17(18)20-12(3)9-11(2)10-15(20)19-16/h5-10H,4,18H2,1-3H3. The number of imidazole rings is 1. The smallest absolute Gasteiger partial charge is 0.139 e. The summed E-state index contributed by atoms with van der Waals surface area (Å²) in [7, 11) is 0. The minimum atomic E-state index is 0.614.